The van der Waals surface area contributed by atoms with Crippen LogP contribution in [0.2, 0.25) is 0 Å². The van der Waals surface area contributed by atoms with Crippen molar-refractivity contribution in [1.29, 1.82) is 5.26 Å². The molecule has 7 nitrogen and oxygen atoms in total. The lowest BCUT2D eigenvalue weighted by Crippen LogP contribution is -2.39. The molecule has 1 aliphatic heterocycles. The van der Waals surface area contributed by atoms with E-state index >= 15 is 0 Å². The van der Waals surface area contributed by atoms with Crippen LogP contribution in [0.1, 0.15) is 30.3 Å². The fourth-order valence-electron chi connectivity index (χ4n) is 3.49. The average molecular weight is 466 g/mol. The molecule has 0 saturated carbocycles. The van der Waals surface area contributed by atoms with Gasteiger partial charge >= 0.3 is 5.97 Å². The highest BCUT2D eigenvalue weighted by Crippen LogP contribution is 2.33. The predicted molar refractivity (Wildman–Crippen MR) is 122 cm³/mol. The molecule has 0 aliphatic carbocycles. The van der Waals surface area contributed by atoms with Gasteiger partial charge in [-0.3, -0.25) is 9.36 Å². The van der Waals surface area contributed by atoms with Crippen molar-refractivity contribution in [3.63, 3.8) is 0 Å². The SMILES string of the molecule is CCOC(=O)C1=C(C)N=c2s/c(=C\c3ccccc3OCC#N)c(=O)n2[C@H]1c1cccs1. The van der Waals surface area contributed by atoms with E-state index in [-0.39, 0.29) is 18.8 Å². The summed E-state index contributed by atoms with van der Waals surface area (Å²) in [6, 6.07) is 12.3. The fraction of sp³-hybridized carbons (Fsp3) is 0.217. The van der Waals surface area contributed by atoms with Gasteiger partial charge in [-0.1, -0.05) is 35.6 Å². The smallest absolute Gasteiger partial charge is 0.338 e. The minimum Gasteiger partial charge on any atom is -0.478 e. The molecular weight excluding hydrogens is 446 g/mol. The number of carbonyl (C=O) groups excluding carboxylic acids is 1. The number of benzene rings is 1. The van der Waals surface area contributed by atoms with Crippen LogP contribution < -0.4 is 19.6 Å². The molecule has 0 N–H and O–H groups in total. The first-order valence-corrected chi connectivity index (χ1v) is 11.6. The van der Waals surface area contributed by atoms with Gasteiger partial charge in [-0.25, -0.2) is 9.79 Å². The first kappa shape index (κ1) is 21.7. The van der Waals surface area contributed by atoms with Crippen molar-refractivity contribution >= 4 is 34.7 Å². The van der Waals surface area contributed by atoms with Crippen LogP contribution in [0, 0.1) is 11.3 Å². The molecule has 4 rings (SSSR count). The van der Waals surface area contributed by atoms with Crippen molar-refractivity contribution in [3.05, 3.63) is 83.2 Å². The molecule has 0 fully saturated rings. The Balaban J connectivity index is 1.90. The van der Waals surface area contributed by atoms with E-state index in [0.29, 0.717) is 31.9 Å². The Morgan fingerprint density at radius 3 is 2.84 bits per heavy atom. The molecule has 2 aromatic heterocycles. The number of thiophene rings is 1. The van der Waals surface area contributed by atoms with Crippen molar-refractivity contribution in [2.45, 2.75) is 19.9 Å². The third-order valence-corrected chi connectivity index (χ3v) is 6.74. The largest absolute Gasteiger partial charge is 0.478 e. The molecule has 32 heavy (non-hydrogen) atoms. The lowest BCUT2D eigenvalue weighted by atomic mass is 10.0. The van der Waals surface area contributed by atoms with Crippen molar-refractivity contribution in [3.8, 4) is 11.8 Å². The molecule has 0 amide bonds. The van der Waals surface area contributed by atoms with Crippen LogP contribution in [-0.2, 0) is 9.53 Å². The Bertz CT molecular complexity index is 1410. The van der Waals surface area contributed by atoms with Crippen molar-refractivity contribution in [1.82, 2.24) is 4.57 Å². The minimum atomic E-state index is -0.600. The maximum absolute atomic E-state index is 13.5. The maximum Gasteiger partial charge on any atom is 0.338 e. The van der Waals surface area contributed by atoms with Gasteiger partial charge in [0.05, 0.1) is 22.4 Å². The summed E-state index contributed by atoms with van der Waals surface area (Å²) in [6.07, 6.45) is 1.73. The van der Waals surface area contributed by atoms with Gasteiger partial charge in [0.1, 0.15) is 17.9 Å². The fourth-order valence-corrected chi connectivity index (χ4v) is 5.35. The second-order valence-corrected chi connectivity index (χ2v) is 8.79. The molecule has 1 aliphatic rings. The number of esters is 1. The van der Waals surface area contributed by atoms with Crippen LogP contribution in [0.3, 0.4) is 0 Å². The number of thiazole rings is 1. The Hall–Kier alpha value is -3.48. The number of allylic oxidation sites excluding steroid dienone is 1. The van der Waals surface area contributed by atoms with Crippen LogP contribution in [-0.4, -0.2) is 23.8 Å². The summed E-state index contributed by atoms with van der Waals surface area (Å²) in [5.41, 5.74) is 1.33. The van der Waals surface area contributed by atoms with E-state index in [1.165, 1.54) is 22.7 Å². The number of hydrogen-bond acceptors (Lipinski definition) is 8. The number of hydrogen-bond donors (Lipinski definition) is 0. The highest BCUT2D eigenvalue weighted by atomic mass is 32.1. The topological polar surface area (TPSA) is 93.7 Å². The Kier molecular flexibility index (Phi) is 6.35. The molecule has 0 saturated heterocycles. The number of aromatic nitrogens is 1. The zero-order valence-corrected chi connectivity index (χ0v) is 19.0. The molecular formula is C23H19N3O4S2. The van der Waals surface area contributed by atoms with Crippen LogP contribution in [0.25, 0.3) is 6.08 Å². The number of ether oxygens (including phenoxy) is 2. The number of carbonyl (C=O) groups is 1. The molecule has 3 heterocycles. The summed E-state index contributed by atoms with van der Waals surface area (Å²) in [5.74, 6) is 0.0368. The zero-order chi connectivity index (χ0) is 22.7. The van der Waals surface area contributed by atoms with Gasteiger partial charge in [0.25, 0.3) is 5.56 Å². The molecule has 162 valence electrons. The van der Waals surface area contributed by atoms with Crippen molar-refractivity contribution < 1.29 is 14.3 Å². The van der Waals surface area contributed by atoms with E-state index < -0.39 is 12.0 Å². The zero-order valence-electron chi connectivity index (χ0n) is 17.4. The van der Waals surface area contributed by atoms with E-state index in [0.717, 1.165) is 4.88 Å². The summed E-state index contributed by atoms with van der Waals surface area (Å²) >= 11 is 2.72. The maximum atomic E-state index is 13.5. The Morgan fingerprint density at radius 1 is 1.31 bits per heavy atom. The number of nitriles is 1. The van der Waals surface area contributed by atoms with Gasteiger partial charge in [0, 0.05) is 10.4 Å². The molecule has 3 aromatic rings. The first-order valence-electron chi connectivity index (χ1n) is 9.87. The molecule has 0 bridgehead atoms. The van der Waals surface area contributed by atoms with E-state index in [1.54, 1.807) is 36.6 Å². The number of para-hydroxylation sites is 1. The lowest BCUT2D eigenvalue weighted by molar-refractivity contribution is -0.139. The quantitative estimate of drug-likeness (QED) is 0.522. The number of nitrogens with zero attached hydrogens (tertiary/aromatic N) is 3. The highest BCUT2D eigenvalue weighted by Gasteiger charge is 2.33. The normalized spacial score (nSPS) is 15.7. The number of fused-ring (bicyclic) bond motifs is 1. The van der Waals surface area contributed by atoms with Gasteiger partial charge in [0.15, 0.2) is 11.4 Å². The molecule has 0 radical (unpaired) electrons. The molecule has 0 spiro atoms. The summed E-state index contributed by atoms with van der Waals surface area (Å²) in [4.78, 5) is 32.2. The Morgan fingerprint density at radius 2 is 2.12 bits per heavy atom. The van der Waals surface area contributed by atoms with Crippen LogP contribution in [0.15, 0.2) is 62.8 Å². The van der Waals surface area contributed by atoms with Gasteiger partial charge < -0.3 is 9.47 Å². The highest BCUT2D eigenvalue weighted by molar-refractivity contribution is 7.10. The second kappa shape index (κ2) is 9.34. The van der Waals surface area contributed by atoms with Gasteiger partial charge in [-0.2, -0.15) is 5.26 Å². The number of rotatable bonds is 6. The molecule has 0 unspecified atom stereocenters. The summed E-state index contributed by atoms with van der Waals surface area (Å²) in [6.45, 7) is 3.65. The van der Waals surface area contributed by atoms with Crippen LogP contribution >= 0.6 is 22.7 Å². The van der Waals surface area contributed by atoms with E-state index in [1.807, 2.05) is 35.7 Å². The van der Waals surface area contributed by atoms with Gasteiger partial charge in [0.2, 0.25) is 0 Å². The van der Waals surface area contributed by atoms with Gasteiger partial charge in [-0.15, -0.1) is 11.3 Å². The first-order chi connectivity index (χ1) is 15.5. The molecule has 1 atom stereocenters. The van der Waals surface area contributed by atoms with Crippen molar-refractivity contribution in [2.24, 2.45) is 4.99 Å². The lowest BCUT2D eigenvalue weighted by Gasteiger charge is -2.23. The Labute approximate surface area is 191 Å². The van der Waals surface area contributed by atoms with E-state index in [2.05, 4.69) is 4.99 Å². The molecule has 1 aromatic carbocycles. The average Bonchev–Trinajstić information content (AvgIpc) is 3.41. The minimum absolute atomic E-state index is 0.0907. The summed E-state index contributed by atoms with van der Waals surface area (Å²) in [7, 11) is 0. The molecule has 9 heteroatoms. The standard InChI is InChI=1S/C23H19N3O4S2/c1-3-29-22(28)19-14(2)25-23-26(20(19)17-9-6-12-31-17)21(27)18(32-23)13-15-7-4-5-8-16(15)30-11-10-24/h4-9,12-13,20H,3,11H2,1-2H3/b18-13-/t20-/m0/s1. The predicted octanol–water partition coefficient (Wildman–Crippen LogP) is 2.76. The summed E-state index contributed by atoms with van der Waals surface area (Å²) < 4.78 is 12.8. The van der Waals surface area contributed by atoms with E-state index in [4.69, 9.17) is 14.7 Å². The van der Waals surface area contributed by atoms with Crippen LogP contribution in [0.4, 0.5) is 0 Å². The van der Waals surface area contributed by atoms with Crippen molar-refractivity contribution in [2.75, 3.05) is 13.2 Å². The third kappa shape index (κ3) is 4.02. The van der Waals surface area contributed by atoms with Crippen LogP contribution in [0.5, 0.6) is 5.75 Å². The van der Waals surface area contributed by atoms with Gasteiger partial charge in [-0.05, 0) is 37.4 Å². The third-order valence-electron chi connectivity index (χ3n) is 4.83. The monoisotopic (exact) mass is 465 g/mol. The van der Waals surface area contributed by atoms with E-state index in [9.17, 15) is 9.59 Å². The second-order valence-electron chi connectivity index (χ2n) is 6.80. The summed E-state index contributed by atoms with van der Waals surface area (Å²) in [5, 5.41) is 10.7.